The number of rotatable bonds is 24. The number of aliphatic hydroxyl groups excluding tert-OH is 1. The monoisotopic (exact) mass is 1450 g/mol. The maximum absolute atomic E-state index is 10.9. The number of hydrogen-bond acceptors (Lipinski definition) is 22. The molecule has 88 heavy (non-hydrogen) atoms. The van der Waals surface area contributed by atoms with Gasteiger partial charge < -0.3 is 64.5 Å². The van der Waals surface area contributed by atoms with Crippen LogP contribution in [0.3, 0.4) is 0 Å². The van der Waals surface area contributed by atoms with Crippen molar-refractivity contribution in [1.29, 1.82) is 0 Å². The van der Waals surface area contributed by atoms with Gasteiger partial charge in [0.2, 0.25) is 28.1 Å². The van der Waals surface area contributed by atoms with Crippen LogP contribution in [0.25, 0.3) is 0 Å². The van der Waals surface area contributed by atoms with Gasteiger partial charge in [-0.25, -0.2) is 30.0 Å². The quantitative estimate of drug-likeness (QED) is 0.0429. The minimum absolute atomic E-state index is 0. The van der Waals surface area contributed by atoms with E-state index in [2.05, 4.69) is 102 Å². The summed E-state index contributed by atoms with van der Waals surface area (Å²) < 4.78 is 110. The van der Waals surface area contributed by atoms with Gasteiger partial charge in [0.05, 0.1) is 56.0 Å². The molecule has 0 aromatic carbocycles. The Bertz CT molecular complexity index is 1860. The molecule has 0 bridgehead atoms. The van der Waals surface area contributed by atoms with Crippen LogP contribution in [0, 0.1) is 75.5 Å². The standard InChI is InChI=1S/C12H26N2O.C11H24N2O3S.C10H22N2O.C7H15NO.C6H15NO3S.C5H13NO.2CH3ClO2S.2CH4.2Ar.B.FH.H2/c1-4-12-11-14(9-6-10-15-12)8-5-7-13(2)3;1-3-11-10-13(8-5-9-16-11)7-4-6-12-17(2,14)15;1-2-10-9-12(6-3-5-11)7-4-8-13-10;1-2-7-6-8-4-3-5-9-7;1-7(2)5-4-6-10-11(3,8)9;1-6(2)4-3-5-7;2*1-5(2,3)4;;;;;;;/h12H,4-11H2,1-3H3;11-12H,3-10H2,1-2H3;10H,2-9,11H2,1H3;7-8H,2-6H2,1H3;4-6H2,1-3H3;7H,3-5H2,1-2H3;2*1H3;2*1H4;;;;2*1H/i;;;;;;;;;;;;;;1+1. The van der Waals surface area contributed by atoms with E-state index >= 15 is 0 Å². The molecule has 5 N–H and O–H groups in total. The Morgan fingerprint density at radius 3 is 1.23 bits per heavy atom. The number of ether oxygens (including phenoxy) is 4. The molecule has 0 aromatic rings. The Hall–Kier alpha value is 2.29. The number of halogens is 3. The third-order valence-electron chi connectivity index (χ3n) is 11.9. The van der Waals surface area contributed by atoms with Crippen LogP contribution in [0.2, 0.25) is 0 Å². The van der Waals surface area contributed by atoms with Crippen LogP contribution in [0.4, 0.5) is 4.70 Å². The van der Waals surface area contributed by atoms with Crippen molar-refractivity contribution >= 4 is 68.0 Å². The fourth-order valence-electron chi connectivity index (χ4n) is 7.76. The summed E-state index contributed by atoms with van der Waals surface area (Å²) in [5.74, 6) is 0. The molecule has 0 aliphatic carbocycles. The van der Waals surface area contributed by atoms with Gasteiger partial charge in [-0.2, -0.15) is 8.42 Å². The summed E-state index contributed by atoms with van der Waals surface area (Å²) in [4.78, 5) is 13.7. The SMILES string of the molecule is C.C.CCC1CN(CCCN(C)C)CCCO1.CCC1CN(CCCN)CCCO1.CCC1CN(CCCNS(C)(=O)=O)CCCO1.CCC1CNCCCO1.CN(C)CCCO.CN(C)CCCOS(C)(=O)=O.CS(=O)(=O)Cl.CS(=O)(=O)Cl.F.[2HH].[Ar].[Ar].[B]. The van der Waals surface area contributed by atoms with E-state index < -0.39 is 38.2 Å². The molecule has 33 heteroatoms. The average Bonchev–Trinajstić information content (AvgIpc) is 3.96. The maximum atomic E-state index is 10.9. The number of nitrogens with two attached hydrogens (primary N) is 1. The van der Waals surface area contributed by atoms with Gasteiger partial charge in [0, 0.05) is 192 Å². The summed E-state index contributed by atoms with van der Waals surface area (Å²) in [5.41, 5.74) is 5.49. The van der Waals surface area contributed by atoms with Gasteiger partial charge in [-0.15, -0.1) is 0 Å². The molecule has 0 aromatic heterocycles. The van der Waals surface area contributed by atoms with Crippen LogP contribution in [0.1, 0.15) is 127 Å². The molecule has 4 aliphatic heterocycles. The molecule has 0 saturated carbocycles. The maximum Gasteiger partial charge on any atom is 0.264 e. The molecule has 3 radical (unpaired) electrons. The summed E-state index contributed by atoms with van der Waals surface area (Å²) in [6, 6.07) is 0. The van der Waals surface area contributed by atoms with Crippen LogP contribution in [-0.4, -0.2) is 313 Å². The normalized spacial score (nSPS) is 19.2. The first-order chi connectivity index (χ1) is 38.2. The van der Waals surface area contributed by atoms with Crippen LogP contribution in [0.15, 0.2) is 0 Å². The smallest absolute Gasteiger partial charge is 0.264 e. The predicted octanol–water partition coefficient (Wildman–Crippen LogP) is 4.98. The van der Waals surface area contributed by atoms with E-state index in [1.165, 1.54) is 51.7 Å². The summed E-state index contributed by atoms with van der Waals surface area (Å²) in [5, 5.41) is 11.6. The molecule has 4 aliphatic rings. The van der Waals surface area contributed by atoms with E-state index in [1.807, 2.05) is 33.1 Å². The molecule has 0 spiro atoms. The van der Waals surface area contributed by atoms with Gasteiger partial charge in [-0.1, -0.05) is 42.5 Å². The van der Waals surface area contributed by atoms with Crippen molar-refractivity contribution in [2.24, 2.45) is 5.73 Å². The second kappa shape index (κ2) is 72.0. The van der Waals surface area contributed by atoms with Gasteiger partial charge in [-0.3, -0.25) is 8.89 Å². The molecule has 4 saturated heterocycles. The Morgan fingerprint density at radius 1 is 0.580 bits per heavy atom. The topological polar surface area (TPSA) is 272 Å². The number of nitrogens with one attached hydrogen (secondary N) is 2. The van der Waals surface area contributed by atoms with Crippen LogP contribution >= 0.6 is 21.4 Å². The van der Waals surface area contributed by atoms with E-state index in [9.17, 15) is 33.7 Å². The van der Waals surface area contributed by atoms with Gasteiger partial charge >= 0.3 is 0 Å². The Morgan fingerprint density at radius 2 is 0.909 bits per heavy atom. The van der Waals surface area contributed by atoms with Crippen molar-refractivity contribution in [3.8, 4) is 0 Å². The average molecular weight is 1450 g/mol. The van der Waals surface area contributed by atoms with E-state index in [1.54, 1.807) is 0 Å². The van der Waals surface area contributed by atoms with Gasteiger partial charge in [0.25, 0.3) is 10.1 Å². The molecule has 4 heterocycles. The van der Waals surface area contributed by atoms with Crippen molar-refractivity contribution in [3.05, 3.63) is 0 Å². The minimum Gasteiger partial charge on any atom is -0.396 e. The van der Waals surface area contributed by atoms with Gasteiger partial charge in [-0.05, 0) is 178 Å². The van der Waals surface area contributed by atoms with E-state index in [-0.39, 0.29) is 111 Å². The van der Waals surface area contributed by atoms with Crippen molar-refractivity contribution < 1.29 is 144 Å². The molecule has 0 amide bonds. The Kier molecular flexibility index (Phi) is 91.4. The molecule has 4 atom stereocenters. The zero-order chi connectivity index (χ0) is 63.5. The number of nitrogens with zero attached hydrogens (tertiary/aromatic N) is 6. The summed E-state index contributed by atoms with van der Waals surface area (Å²) in [6.07, 6.45) is 19.7. The third-order valence-corrected chi connectivity index (χ3v) is 13.3. The fourth-order valence-corrected chi connectivity index (χ4v) is 8.69. The molecule has 23 nitrogen and oxygen atoms in total. The third kappa shape index (κ3) is 99.3. The first kappa shape index (κ1) is 112. The Balaban J connectivity index is -0.0000000883. The first-order valence-electron chi connectivity index (χ1n) is 29.4. The van der Waals surface area contributed by atoms with Crippen LogP contribution in [-0.2, 0) is 61.4 Å². The molecule has 4 rings (SSSR count). The Labute approximate surface area is 612 Å². The molecular formula is C55H132Ar2BCl2FN9O14S4. The molecule has 4 fully saturated rings. The van der Waals surface area contributed by atoms with Crippen LogP contribution < -0.4 is 15.8 Å². The van der Waals surface area contributed by atoms with Gasteiger partial charge in [0.15, 0.2) is 0 Å². The molecule has 4 unspecified atom stereocenters. The molecular weight excluding hydrogens is 1320 g/mol. The van der Waals surface area contributed by atoms with Crippen molar-refractivity contribution in [3.63, 3.8) is 0 Å². The second-order valence-electron chi connectivity index (χ2n) is 21.4. The first-order valence-corrected chi connectivity index (χ1v) is 38.5. The summed E-state index contributed by atoms with van der Waals surface area (Å²) in [6.45, 7) is 29.4. The van der Waals surface area contributed by atoms with E-state index in [4.69, 9.17) is 29.8 Å². The largest absolute Gasteiger partial charge is 0.396 e. The summed E-state index contributed by atoms with van der Waals surface area (Å²) >= 11 is 0. The van der Waals surface area contributed by atoms with E-state index in [0.717, 1.165) is 181 Å². The van der Waals surface area contributed by atoms with Crippen LogP contribution in [0.5, 0.6) is 0 Å². The number of aliphatic hydroxyl groups is 1. The summed E-state index contributed by atoms with van der Waals surface area (Å²) in [7, 11) is 8.46. The van der Waals surface area contributed by atoms with Crippen molar-refractivity contribution in [2.45, 2.75) is 150 Å². The fraction of sp³-hybridized carbons (Fsp3) is 1.00. The van der Waals surface area contributed by atoms with Crippen molar-refractivity contribution in [1.82, 2.24) is 39.4 Å². The second-order valence-corrected chi connectivity index (χ2v) is 30.9. The van der Waals surface area contributed by atoms with Crippen molar-refractivity contribution in [2.75, 3.05) is 212 Å². The minimum atomic E-state index is -3.24. The van der Waals surface area contributed by atoms with E-state index in [0.29, 0.717) is 37.6 Å². The van der Waals surface area contributed by atoms with Gasteiger partial charge in [0.1, 0.15) is 0 Å². The zero-order valence-corrected chi connectivity index (χ0v) is 61.3. The molecule has 545 valence electrons. The number of sulfonamides is 1. The zero-order valence-electron chi connectivity index (χ0n) is 55.2. The predicted molar refractivity (Wildman–Crippen MR) is 365 cm³/mol. The number of hydrogen-bond donors (Lipinski definition) is 4.